The Kier molecular flexibility index (Phi) is 9.38. The van der Waals surface area contributed by atoms with Crippen LogP contribution in [0.15, 0.2) is 29.3 Å². The molecule has 2 N–H and O–H groups in total. The predicted molar refractivity (Wildman–Crippen MR) is 123 cm³/mol. The summed E-state index contributed by atoms with van der Waals surface area (Å²) in [6, 6.07) is 6.87. The molecule has 1 aromatic heterocycles. The third-order valence-electron chi connectivity index (χ3n) is 5.04. The summed E-state index contributed by atoms with van der Waals surface area (Å²) in [5, 5.41) is 15.0. The van der Waals surface area contributed by atoms with Gasteiger partial charge in [-0.25, -0.2) is 4.99 Å². The van der Waals surface area contributed by atoms with E-state index in [0.717, 1.165) is 30.1 Å². The number of benzene rings is 1. The molecular formula is C20H28F3IN6O. The summed E-state index contributed by atoms with van der Waals surface area (Å²) in [6.07, 6.45) is 0.264. The molecule has 1 fully saturated rings. The van der Waals surface area contributed by atoms with Crippen LogP contribution in [0.4, 0.5) is 13.2 Å². The number of halogens is 4. The average molecular weight is 552 g/mol. The lowest BCUT2D eigenvalue weighted by atomic mass is 10.2. The van der Waals surface area contributed by atoms with Crippen LogP contribution in [-0.4, -0.2) is 39.5 Å². The van der Waals surface area contributed by atoms with Gasteiger partial charge in [0.25, 0.3) is 0 Å². The summed E-state index contributed by atoms with van der Waals surface area (Å²) in [5.74, 6) is 2.50. The lowest BCUT2D eigenvalue weighted by molar-refractivity contribution is -0.153. The van der Waals surface area contributed by atoms with Crippen molar-refractivity contribution in [3.8, 4) is 5.75 Å². The van der Waals surface area contributed by atoms with E-state index >= 15 is 0 Å². The third kappa shape index (κ3) is 8.19. The largest absolute Gasteiger partial charge is 0.484 e. The highest BCUT2D eigenvalue weighted by molar-refractivity contribution is 14.0. The highest BCUT2D eigenvalue weighted by Gasteiger charge is 2.28. The van der Waals surface area contributed by atoms with E-state index in [0.29, 0.717) is 25.1 Å². The minimum absolute atomic E-state index is 0. The summed E-state index contributed by atoms with van der Waals surface area (Å²) < 4.78 is 43.4. The molecule has 3 rings (SSSR count). The molecule has 2 aromatic rings. The molecule has 0 radical (unpaired) electrons. The second kappa shape index (κ2) is 11.5. The highest BCUT2D eigenvalue weighted by atomic mass is 127. The maximum atomic E-state index is 12.3. The summed E-state index contributed by atoms with van der Waals surface area (Å²) in [5.41, 5.74) is 0.872. The number of hydrogen-bond donors (Lipinski definition) is 2. The second-order valence-corrected chi connectivity index (χ2v) is 7.41. The van der Waals surface area contributed by atoms with Crippen molar-refractivity contribution >= 4 is 29.9 Å². The Morgan fingerprint density at radius 2 is 1.87 bits per heavy atom. The molecule has 0 spiro atoms. The Hall–Kier alpha value is -2.05. The van der Waals surface area contributed by atoms with Gasteiger partial charge in [-0.2, -0.15) is 13.2 Å². The molecule has 0 bridgehead atoms. The number of aromatic nitrogens is 3. The summed E-state index contributed by atoms with van der Waals surface area (Å²) in [7, 11) is 1.91. The Morgan fingerprint density at radius 1 is 1.19 bits per heavy atom. The minimum atomic E-state index is -4.35. The van der Waals surface area contributed by atoms with Crippen LogP contribution in [0.3, 0.4) is 0 Å². The first-order valence-electron chi connectivity index (χ1n) is 9.98. The van der Waals surface area contributed by atoms with Gasteiger partial charge in [-0.15, -0.1) is 34.2 Å². The van der Waals surface area contributed by atoms with Gasteiger partial charge in [0.05, 0.1) is 13.1 Å². The number of aliphatic imine (C=N–C) groups is 1. The van der Waals surface area contributed by atoms with Crippen LogP contribution in [0.1, 0.15) is 42.9 Å². The molecule has 0 unspecified atom stereocenters. The molecule has 1 heterocycles. The fourth-order valence-corrected chi connectivity index (χ4v) is 3.21. The Labute approximate surface area is 196 Å². The molecule has 1 aliphatic carbocycles. The maximum absolute atomic E-state index is 12.3. The van der Waals surface area contributed by atoms with Crippen LogP contribution < -0.4 is 15.4 Å². The zero-order chi connectivity index (χ0) is 21.6. The smallest absolute Gasteiger partial charge is 0.422 e. The molecule has 0 saturated heterocycles. The Balaban J connectivity index is 0.00000341. The Morgan fingerprint density at radius 3 is 2.45 bits per heavy atom. The van der Waals surface area contributed by atoms with Crippen molar-refractivity contribution in [3.63, 3.8) is 0 Å². The first-order chi connectivity index (χ1) is 14.3. The monoisotopic (exact) mass is 552 g/mol. The second-order valence-electron chi connectivity index (χ2n) is 7.41. The highest BCUT2D eigenvalue weighted by Crippen LogP contribution is 2.19. The standard InChI is InChI=1S/C20H27F3N6O.HI/c1-14-27-28-18(29(14)2)12-25-19(26-16-5-3-4-6-16)24-11-15-7-9-17(10-8-15)30-13-20(21,22)23;/h7-10,16H,3-6,11-13H2,1-2H3,(H2,24,25,26);1H. The molecule has 1 aliphatic rings. The molecular weight excluding hydrogens is 524 g/mol. The number of ether oxygens (including phenoxy) is 1. The SMILES string of the molecule is Cc1nnc(CNC(=NCc2ccc(OCC(F)(F)F)cc2)NC2CCCC2)n1C.I. The van der Waals surface area contributed by atoms with Crippen LogP contribution in [0.5, 0.6) is 5.75 Å². The third-order valence-corrected chi connectivity index (χ3v) is 5.04. The van der Waals surface area contributed by atoms with Gasteiger partial charge >= 0.3 is 6.18 Å². The van der Waals surface area contributed by atoms with Gasteiger partial charge in [-0.05, 0) is 37.5 Å². The lowest BCUT2D eigenvalue weighted by Gasteiger charge is -2.17. The molecule has 1 saturated carbocycles. The van der Waals surface area contributed by atoms with Gasteiger partial charge < -0.3 is 19.9 Å². The molecule has 7 nitrogen and oxygen atoms in total. The van der Waals surface area contributed by atoms with Crippen LogP contribution in [0, 0.1) is 6.92 Å². The number of nitrogens with one attached hydrogen (secondary N) is 2. The zero-order valence-electron chi connectivity index (χ0n) is 17.6. The van der Waals surface area contributed by atoms with E-state index in [1.807, 2.05) is 18.5 Å². The van der Waals surface area contributed by atoms with Crippen molar-refractivity contribution in [2.45, 2.75) is 57.9 Å². The average Bonchev–Trinajstić information content (AvgIpc) is 3.33. The van der Waals surface area contributed by atoms with E-state index in [2.05, 4.69) is 25.8 Å². The number of aryl methyl sites for hydroxylation is 1. The lowest BCUT2D eigenvalue weighted by Crippen LogP contribution is -2.42. The normalized spacial score (nSPS) is 14.9. The van der Waals surface area contributed by atoms with Crippen LogP contribution in [0.25, 0.3) is 0 Å². The fraction of sp³-hybridized carbons (Fsp3) is 0.550. The van der Waals surface area contributed by atoms with Crippen molar-refractivity contribution in [2.24, 2.45) is 12.0 Å². The predicted octanol–water partition coefficient (Wildman–Crippen LogP) is 3.86. The van der Waals surface area contributed by atoms with E-state index in [-0.39, 0.29) is 29.7 Å². The van der Waals surface area contributed by atoms with E-state index in [1.165, 1.54) is 25.0 Å². The van der Waals surface area contributed by atoms with Crippen molar-refractivity contribution in [3.05, 3.63) is 41.5 Å². The van der Waals surface area contributed by atoms with Gasteiger partial charge in [0.15, 0.2) is 18.4 Å². The number of hydrogen-bond acceptors (Lipinski definition) is 4. The summed E-state index contributed by atoms with van der Waals surface area (Å²) in [6.45, 7) is 1.47. The zero-order valence-corrected chi connectivity index (χ0v) is 19.9. The van der Waals surface area contributed by atoms with Gasteiger partial charge in [0, 0.05) is 13.1 Å². The van der Waals surface area contributed by atoms with Crippen LogP contribution >= 0.6 is 24.0 Å². The molecule has 172 valence electrons. The number of alkyl halides is 3. The molecule has 1 aromatic carbocycles. The van der Waals surface area contributed by atoms with Crippen molar-refractivity contribution in [1.82, 2.24) is 25.4 Å². The fourth-order valence-electron chi connectivity index (χ4n) is 3.21. The molecule has 31 heavy (non-hydrogen) atoms. The maximum Gasteiger partial charge on any atom is 0.422 e. The topological polar surface area (TPSA) is 76.4 Å². The first-order valence-corrected chi connectivity index (χ1v) is 9.98. The van der Waals surface area contributed by atoms with E-state index in [4.69, 9.17) is 4.74 Å². The van der Waals surface area contributed by atoms with Crippen molar-refractivity contribution in [1.29, 1.82) is 0 Å². The summed E-state index contributed by atoms with van der Waals surface area (Å²) in [4.78, 5) is 4.64. The number of rotatable bonds is 7. The number of nitrogens with zero attached hydrogens (tertiary/aromatic N) is 4. The summed E-state index contributed by atoms with van der Waals surface area (Å²) >= 11 is 0. The van der Waals surface area contributed by atoms with Crippen molar-refractivity contribution in [2.75, 3.05) is 6.61 Å². The number of guanidine groups is 1. The van der Waals surface area contributed by atoms with Gasteiger partial charge in [-0.1, -0.05) is 25.0 Å². The molecule has 11 heteroatoms. The molecule has 0 atom stereocenters. The van der Waals surface area contributed by atoms with E-state index < -0.39 is 12.8 Å². The van der Waals surface area contributed by atoms with Gasteiger partial charge in [-0.3, -0.25) is 0 Å². The van der Waals surface area contributed by atoms with Gasteiger partial charge in [0.2, 0.25) is 0 Å². The van der Waals surface area contributed by atoms with Crippen LogP contribution in [-0.2, 0) is 20.1 Å². The minimum Gasteiger partial charge on any atom is -0.484 e. The quantitative estimate of drug-likeness (QED) is 0.310. The first kappa shape index (κ1) is 25.2. The van der Waals surface area contributed by atoms with Crippen LogP contribution in [0.2, 0.25) is 0 Å². The van der Waals surface area contributed by atoms with Crippen molar-refractivity contribution < 1.29 is 17.9 Å². The van der Waals surface area contributed by atoms with E-state index in [9.17, 15) is 13.2 Å². The van der Waals surface area contributed by atoms with Gasteiger partial charge in [0.1, 0.15) is 11.6 Å². The Bertz CT molecular complexity index is 848. The molecule has 0 aliphatic heterocycles. The van der Waals surface area contributed by atoms with E-state index in [1.54, 1.807) is 12.1 Å². The molecule has 0 amide bonds.